The molecular weight excluding hydrogens is 522 g/mol. The summed E-state index contributed by atoms with van der Waals surface area (Å²) >= 11 is 26.4. The van der Waals surface area contributed by atoms with Crippen LogP contribution in [-0.4, -0.2) is 34.6 Å². The fraction of sp³-hybridized carbons (Fsp3) is 0.417. The third-order valence-electron chi connectivity index (χ3n) is 5.28. The van der Waals surface area contributed by atoms with Crippen molar-refractivity contribution in [3.05, 3.63) is 67.6 Å². The van der Waals surface area contributed by atoms with E-state index in [-0.39, 0.29) is 30.2 Å². The molecule has 0 saturated heterocycles. The molecule has 0 aliphatic carbocycles. The molecule has 2 atom stereocenters. The topological polar surface area (TPSA) is 49.4 Å². The maximum Gasteiger partial charge on any atom is 0.243 e. The molecule has 2 unspecified atom stereocenters. The van der Waals surface area contributed by atoms with Crippen LogP contribution in [0.25, 0.3) is 0 Å². The van der Waals surface area contributed by atoms with Crippen molar-refractivity contribution in [3.8, 4) is 0 Å². The fourth-order valence-electron chi connectivity index (χ4n) is 3.18. The second-order valence-electron chi connectivity index (χ2n) is 7.69. The van der Waals surface area contributed by atoms with Gasteiger partial charge in [0.05, 0.1) is 5.75 Å². The van der Waals surface area contributed by atoms with Crippen LogP contribution in [0.5, 0.6) is 0 Å². The van der Waals surface area contributed by atoms with Crippen molar-refractivity contribution in [2.45, 2.75) is 58.0 Å². The van der Waals surface area contributed by atoms with E-state index < -0.39 is 6.04 Å². The molecule has 0 radical (unpaired) electrons. The molecule has 180 valence electrons. The smallest absolute Gasteiger partial charge is 0.243 e. The van der Waals surface area contributed by atoms with Gasteiger partial charge in [-0.15, -0.1) is 11.8 Å². The summed E-state index contributed by atoms with van der Waals surface area (Å²) in [5.41, 5.74) is 1.51. The SMILES string of the molecule is CCC(C)NC(=O)C(CC)N(Cc1c(Cl)cccc1Cl)C(=O)CSCc1ccc(Cl)cc1Cl. The maximum absolute atomic E-state index is 13.3. The first-order valence-corrected chi connectivity index (χ1v) is 13.4. The lowest BCUT2D eigenvalue weighted by Gasteiger charge is -2.32. The molecule has 2 aromatic rings. The number of hydrogen-bond acceptors (Lipinski definition) is 3. The predicted octanol–water partition coefficient (Wildman–Crippen LogP) is 7.26. The lowest BCUT2D eigenvalue weighted by atomic mass is 10.1. The molecule has 2 aromatic carbocycles. The number of rotatable bonds is 11. The van der Waals surface area contributed by atoms with Crippen molar-refractivity contribution in [1.82, 2.24) is 10.2 Å². The van der Waals surface area contributed by atoms with Crippen molar-refractivity contribution in [3.63, 3.8) is 0 Å². The Bertz CT molecular complexity index is 953. The van der Waals surface area contributed by atoms with Gasteiger partial charge in [-0.3, -0.25) is 9.59 Å². The number of thioether (sulfide) groups is 1. The summed E-state index contributed by atoms with van der Waals surface area (Å²) in [7, 11) is 0. The van der Waals surface area contributed by atoms with Gasteiger partial charge in [-0.2, -0.15) is 0 Å². The molecule has 0 bridgehead atoms. The van der Waals surface area contributed by atoms with Crippen LogP contribution in [0.15, 0.2) is 36.4 Å². The van der Waals surface area contributed by atoms with Gasteiger partial charge in [0.1, 0.15) is 6.04 Å². The van der Waals surface area contributed by atoms with E-state index in [4.69, 9.17) is 46.4 Å². The monoisotopic (exact) mass is 548 g/mol. The number of nitrogens with one attached hydrogen (secondary N) is 1. The van der Waals surface area contributed by atoms with Gasteiger partial charge >= 0.3 is 0 Å². The highest BCUT2D eigenvalue weighted by Gasteiger charge is 2.30. The van der Waals surface area contributed by atoms with E-state index in [0.29, 0.717) is 37.8 Å². The summed E-state index contributed by atoms with van der Waals surface area (Å²) in [6.07, 6.45) is 1.26. The Hall–Kier alpha value is -1.11. The van der Waals surface area contributed by atoms with Crippen LogP contribution in [0.1, 0.15) is 44.7 Å². The van der Waals surface area contributed by atoms with Crippen LogP contribution in [0.3, 0.4) is 0 Å². The van der Waals surface area contributed by atoms with Gasteiger partial charge < -0.3 is 10.2 Å². The molecule has 0 aromatic heterocycles. The Morgan fingerprint density at radius 1 is 1.00 bits per heavy atom. The van der Waals surface area contributed by atoms with Crippen molar-refractivity contribution in [2.75, 3.05) is 5.75 Å². The molecular formula is C24H28Cl4N2O2S. The highest BCUT2D eigenvalue weighted by atomic mass is 35.5. The van der Waals surface area contributed by atoms with Gasteiger partial charge in [0, 0.05) is 44.0 Å². The molecule has 0 aliphatic heterocycles. The number of benzene rings is 2. The molecule has 0 heterocycles. The minimum absolute atomic E-state index is 0.00817. The van der Waals surface area contributed by atoms with Crippen LogP contribution in [-0.2, 0) is 21.9 Å². The summed E-state index contributed by atoms with van der Waals surface area (Å²) in [5, 5.41) is 5.02. The summed E-state index contributed by atoms with van der Waals surface area (Å²) in [4.78, 5) is 27.9. The lowest BCUT2D eigenvalue weighted by Crippen LogP contribution is -2.51. The van der Waals surface area contributed by atoms with E-state index in [9.17, 15) is 9.59 Å². The van der Waals surface area contributed by atoms with E-state index in [0.717, 1.165) is 12.0 Å². The van der Waals surface area contributed by atoms with E-state index in [1.807, 2.05) is 26.8 Å². The predicted molar refractivity (Wildman–Crippen MR) is 142 cm³/mol. The van der Waals surface area contributed by atoms with Crippen LogP contribution in [0, 0.1) is 0 Å². The number of nitrogens with zero attached hydrogens (tertiary/aromatic N) is 1. The summed E-state index contributed by atoms with van der Waals surface area (Å²) in [5.74, 6) is 0.355. The van der Waals surface area contributed by atoms with Crippen molar-refractivity contribution in [2.24, 2.45) is 0 Å². The summed E-state index contributed by atoms with van der Waals surface area (Å²) in [6.45, 7) is 5.96. The first-order chi connectivity index (χ1) is 15.7. The van der Waals surface area contributed by atoms with Crippen molar-refractivity contribution < 1.29 is 9.59 Å². The van der Waals surface area contributed by atoms with E-state index in [1.54, 1.807) is 35.2 Å². The average Bonchev–Trinajstić information content (AvgIpc) is 2.76. The van der Waals surface area contributed by atoms with Gasteiger partial charge in [-0.1, -0.05) is 72.4 Å². The van der Waals surface area contributed by atoms with Crippen LogP contribution in [0.2, 0.25) is 20.1 Å². The van der Waals surface area contributed by atoms with Gasteiger partial charge in [0.15, 0.2) is 0 Å². The van der Waals surface area contributed by atoms with Gasteiger partial charge in [0.25, 0.3) is 0 Å². The Kier molecular flexibility index (Phi) is 11.7. The van der Waals surface area contributed by atoms with Gasteiger partial charge in [-0.25, -0.2) is 0 Å². The van der Waals surface area contributed by atoms with Crippen LogP contribution < -0.4 is 5.32 Å². The third-order valence-corrected chi connectivity index (χ3v) is 7.54. The minimum Gasteiger partial charge on any atom is -0.352 e. The Labute approximate surface area is 220 Å². The summed E-state index contributed by atoms with van der Waals surface area (Å²) < 4.78 is 0. The third kappa shape index (κ3) is 8.25. The first-order valence-electron chi connectivity index (χ1n) is 10.7. The van der Waals surface area contributed by atoms with E-state index >= 15 is 0 Å². The number of carbonyl (C=O) groups excluding carboxylic acids is 2. The zero-order valence-corrected chi connectivity index (χ0v) is 22.7. The standard InChI is InChI=1S/C24H28Cl4N2O2S/c1-4-15(3)29-24(32)22(5-2)30(12-18-19(26)7-6-8-20(18)27)23(31)14-33-13-16-9-10-17(25)11-21(16)28/h6-11,15,22H,4-5,12-14H2,1-3H3,(H,29,32). The number of carbonyl (C=O) groups is 2. The van der Waals surface area contributed by atoms with E-state index in [1.165, 1.54) is 11.8 Å². The van der Waals surface area contributed by atoms with E-state index in [2.05, 4.69) is 5.32 Å². The quantitative estimate of drug-likeness (QED) is 0.321. The highest BCUT2D eigenvalue weighted by Crippen LogP contribution is 2.28. The Balaban J connectivity index is 2.22. The Morgan fingerprint density at radius 2 is 1.67 bits per heavy atom. The zero-order chi connectivity index (χ0) is 24.5. The second kappa shape index (κ2) is 13.7. The summed E-state index contributed by atoms with van der Waals surface area (Å²) in [6, 6.07) is 9.86. The van der Waals surface area contributed by atoms with Gasteiger partial charge in [0.2, 0.25) is 11.8 Å². The molecule has 0 fully saturated rings. The molecule has 2 rings (SSSR count). The first kappa shape index (κ1) is 28.1. The number of hydrogen-bond donors (Lipinski definition) is 1. The van der Waals surface area contributed by atoms with Gasteiger partial charge in [-0.05, 0) is 49.6 Å². The molecule has 0 saturated carbocycles. The molecule has 2 amide bonds. The van der Waals surface area contributed by atoms with Crippen molar-refractivity contribution in [1.29, 1.82) is 0 Å². The van der Waals surface area contributed by atoms with Crippen LogP contribution in [0.4, 0.5) is 0 Å². The number of amides is 2. The molecule has 1 N–H and O–H groups in total. The second-order valence-corrected chi connectivity index (χ2v) is 10.3. The van der Waals surface area contributed by atoms with Crippen molar-refractivity contribution >= 4 is 70.0 Å². The molecule has 0 spiro atoms. The fourth-order valence-corrected chi connectivity index (χ4v) is 5.17. The molecule has 33 heavy (non-hydrogen) atoms. The molecule has 9 heteroatoms. The average molecular weight is 550 g/mol. The van der Waals surface area contributed by atoms with Crippen LogP contribution >= 0.6 is 58.2 Å². The number of halogens is 4. The minimum atomic E-state index is -0.640. The maximum atomic E-state index is 13.3. The Morgan fingerprint density at radius 3 is 2.24 bits per heavy atom. The zero-order valence-electron chi connectivity index (χ0n) is 18.8. The normalized spacial score (nSPS) is 12.8. The highest BCUT2D eigenvalue weighted by molar-refractivity contribution is 7.99. The lowest BCUT2D eigenvalue weighted by molar-refractivity contribution is -0.139. The largest absolute Gasteiger partial charge is 0.352 e. The molecule has 4 nitrogen and oxygen atoms in total. The molecule has 0 aliphatic rings.